The van der Waals surface area contributed by atoms with Crippen LogP contribution in [0.1, 0.15) is 16.7 Å². The van der Waals surface area contributed by atoms with Gasteiger partial charge < -0.3 is 5.73 Å². The van der Waals surface area contributed by atoms with Crippen LogP contribution < -0.4 is 5.73 Å². The van der Waals surface area contributed by atoms with Gasteiger partial charge in [0.15, 0.2) is 0 Å². The van der Waals surface area contributed by atoms with Crippen LogP contribution in [-0.4, -0.2) is 10.2 Å². The third-order valence-electron chi connectivity index (χ3n) is 3.10. The minimum atomic E-state index is -4.76. The molecule has 0 aliphatic heterocycles. The Hall–Kier alpha value is -2.18. The third kappa shape index (κ3) is 2.43. The monoisotopic (exact) mass is 285 g/mol. The Balaban J connectivity index is 2.63. The second-order valence-corrected chi connectivity index (χ2v) is 4.38. The molecule has 0 aliphatic rings. The number of alkyl halides is 3. The van der Waals surface area contributed by atoms with Crippen molar-refractivity contribution < 1.29 is 17.6 Å². The van der Waals surface area contributed by atoms with Gasteiger partial charge in [0, 0.05) is 5.56 Å². The molecule has 0 aliphatic carbocycles. The number of nitrogens with two attached hydrogens (primary N) is 1. The van der Waals surface area contributed by atoms with Gasteiger partial charge in [0.25, 0.3) is 0 Å². The summed E-state index contributed by atoms with van der Waals surface area (Å²) in [6.07, 6.45) is -4.76. The molecule has 0 bridgehead atoms. The van der Waals surface area contributed by atoms with Crippen LogP contribution >= 0.6 is 0 Å². The van der Waals surface area contributed by atoms with E-state index in [1.807, 2.05) is 0 Å². The summed E-state index contributed by atoms with van der Waals surface area (Å²) in [6.45, 7) is 3.36. The van der Waals surface area contributed by atoms with E-state index in [1.165, 1.54) is 6.07 Å². The first-order valence-electron chi connectivity index (χ1n) is 5.68. The van der Waals surface area contributed by atoms with Crippen LogP contribution in [0.15, 0.2) is 18.2 Å². The fourth-order valence-electron chi connectivity index (χ4n) is 1.79. The fraction of sp³-hybridized carbons (Fsp3) is 0.231. The molecule has 0 fully saturated rings. The van der Waals surface area contributed by atoms with Crippen molar-refractivity contribution >= 4 is 5.82 Å². The molecule has 2 aromatic rings. The quantitative estimate of drug-likeness (QED) is 0.816. The maximum absolute atomic E-state index is 13.2. The van der Waals surface area contributed by atoms with E-state index in [4.69, 9.17) is 5.73 Å². The molecule has 1 heterocycles. The summed E-state index contributed by atoms with van der Waals surface area (Å²) in [5.74, 6) is -1.11. The van der Waals surface area contributed by atoms with Gasteiger partial charge in [-0.2, -0.15) is 13.2 Å². The van der Waals surface area contributed by atoms with Gasteiger partial charge in [0.05, 0.1) is 11.3 Å². The molecule has 0 saturated heterocycles. The average molecular weight is 285 g/mol. The molecule has 0 spiro atoms. The molecule has 0 radical (unpaired) electrons. The largest absolute Gasteiger partial charge is 0.419 e. The molecular weight excluding hydrogens is 274 g/mol. The van der Waals surface area contributed by atoms with Gasteiger partial charge in [-0.25, -0.2) is 4.39 Å². The van der Waals surface area contributed by atoms with Crippen LogP contribution in [-0.2, 0) is 6.18 Å². The number of hydrogen-bond acceptors (Lipinski definition) is 3. The Morgan fingerprint density at radius 1 is 1.05 bits per heavy atom. The van der Waals surface area contributed by atoms with Crippen LogP contribution in [0.4, 0.5) is 23.4 Å². The third-order valence-corrected chi connectivity index (χ3v) is 3.10. The Bertz CT molecular complexity index is 665. The molecule has 0 amide bonds. The number of halogens is 4. The predicted octanol–water partition coefficient (Wildman–Crippen LogP) is 3.50. The molecule has 0 unspecified atom stereocenters. The molecule has 7 heteroatoms. The van der Waals surface area contributed by atoms with Gasteiger partial charge in [0.1, 0.15) is 11.6 Å². The van der Waals surface area contributed by atoms with E-state index in [0.717, 1.165) is 12.1 Å². The van der Waals surface area contributed by atoms with Gasteiger partial charge in [-0.15, -0.1) is 10.2 Å². The smallest absolute Gasteiger partial charge is 0.382 e. The Morgan fingerprint density at radius 3 is 2.30 bits per heavy atom. The highest BCUT2D eigenvalue weighted by Crippen LogP contribution is 2.34. The van der Waals surface area contributed by atoms with Gasteiger partial charge in [-0.3, -0.25) is 0 Å². The van der Waals surface area contributed by atoms with Crippen molar-refractivity contribution in [1.29, 1.82) is 0 Å². The zero-order valence-corrected chi connectivity index (χ0v) is 10.7. The van der Waals surface area contributed by atoms with Gasteiger partial charge in [-0.05, 0) is 43.2 Å². The normalized spacial score (nSPS) is 11.7. The van der Waals surface area contributed by atoms with Crippen molar-refractivity contribution in [2.45, 2.75) is 20.0 Å². The van der Waals surface area contributed by atoms with Crippen molar-refractivity contribution in [3.05, 3.63) is 40.7 Å². The summed E-state index contributed by atoms with van der Waals surface area (Å²) >= 11 is 0. The minimum Gasteiger partial charge on any atom is -0.382 e. The Labute approximate surface area is 112 Å². The van der Waals surface area contributed by atoms with Crippen LogP contribution in [0.5, 0.6) is 0 Å². The molecular formula is C13H11F4N3. The Morgan fingerprint density at radius 2 is 1.70 bits per heavy atom. The van der Waals surface area contributed by atoms with E-state index in [1.54, 1.807) is 13.8 Å². The SMILES string of the molecule is Cc1c(N)nnc(-c2ccc(F)c(C(F)(F)F)c2)c1C. The number of aromatic nitrogens is 2. The molecule has 1 aromatic heterocycles. The summed E-state index contributed by atoms with van der Waals surface area (Å²) in [4.78, 5) is 0. The first-order valence-corrected chi connectivity index (χ1v) is 5.68. The number of nitrogens with zero attached hydrogens (tertiary/aromatic N) is 2. The molecule has 3 nitrogen and oxygen atoms in total. The highest BCUT2D eigenvalue weighted by molar-refractivity contribution is 5.66. The van der Waals surface area contributed by atoms with Crippen molar-refractivity contribution in [1.82, 2.24) is 10.2 Å². The zero-order chi connectivity index (χ0) is 15.1. The molecule has 0 saturated carbocycles. The molecule has 2 rings (SSSR count). The maximum atomic E-state index is 13.2. The molecule has 0 atom stereocenters. The van der Waals surface area contributed by atoms with E-state index in [2.05, 4.69) is 10.2 Å². The summed E-state index contributed by atoms with van der Waals surface area (Å²) in [6, 6.07) is 2.73. The zero-order valence-electron chi connectivity index (χ0n) is 10.7. The number of nitrogen functional groups attached to an aromatic ring is 1. The molecule has 20 heavy (non-hydrogen) atoms. The highest BCUT2D eigenvalue weighted by Gasteiger charge is 2.34. The van der Waals surface area contributed by atoms with Gasteiger partial charge in [0.2, 0.25) is 0 Å². The Kier molecular flexibility index (Phi) is 3.37. The predicted molar refractivity (Wildman–Crippen MR) is 66.3 cm³/mol. The lowest BCUT2D eigenvalue weighted by Gasteiger charge is -2.12. The van der Waals surface area contributed by atoms with Gasteiger partial charge in [-0.1, -0.05) is 0 Å². The summed E-state index contributed by atoms with van der Waals surface area (Å²) in [7, 11) is 0. The second kappa shape index (κ2) is 4.73. The summed E-state index contributed by atoms with van der Waals surface area (Å²) in [5.41, 5.74) is 5.89. The van der Waals surface area contributed by atoms with Crippen molar-refractivity contribution in [2.24, 2.45) is 0 Å². The van der Waals surface area contributed by atoms with Crippen molar-refractivity contribution in [3.63, 3.8) is 0 Å². The van der Waals surface area contributed by atoms with Crippen LogP contribution in [0.3, 0.4) is 0 Å². The van der Waals surface area contributed by atoms with E-state index >= 15 is 0 Å². The van der Waals surface area contributed by atoms with E-state index in [9.17, 15) is 17.6 Å². The van der Waals surface area contributed by atoms with Crippen LogP contribution in [0, 0.1) is 19.7 Å². The van der Waals surface area contributed by atoms with E-state index < -0.39 is 17.6 Å². The molecule has 106 valence electrons. The number of hydrogen-bond donors (Lipinski definition) is 1. The average Bonchev–Trinajstić information content (AvgIpc) is 2.36. The standard InChI is InChI=1S/C13H11F4N3/c1-6-7(2)12(18)20-19-11(6)8-3-4-10(14)9(5-8)13(15,16)17/h3-5H,1-2H3,(H2,18,20). The van der Waals surface area contributed by atoms with Crippen LogP contribution in [0.25, 0.3) is 11.3 Å². The highest BCUT2D eigenvalue weighted by atomic mass is 19.4. The maximum Gasteiger partial charge on any atom is 0.419 e. The number of anilines is 1. The number of benzene rings is 1. The van der Waals surface area contributed by atoms with E-state index in [0.29, 0.717) is 11.1 Å². The lowest BCUT2D eigenvalue weighted by Crippen LogP contribution is -2.09. The first kappa shape index (κ1) is 14.2. The summed E-state index contributed by atoms with van der Waals surface area (Å²) in [5, 5.41) is 7.48. The fourth-order valence-corrected chi connectivity index (χ4v) is 1.79. The topological polar surface area (TPSA) is 51.8 Å². The summed E-state index contributed by atoms with van der Waals surface area (Å²) < 4.78 is 51.3. The van der Waals surface area contributed by atoms with Gasteiger partial charge >= 0.3 is 6.18 Å². The molecule has 1 aromatic carbocycles. The number of rotatable bonds is 1. The molecule has 2 N–H and O–H groups in total. The lowest BCUT2D eigenvalue weighted by molar-refractivity contribution is -0.139. The van der Waals surface area contributed by atoms with E-state index in [-0.39, 0.29) is 17.1 Å². The minimum absolute atomic E-state index is 0.145. The van der Waals surface area contributed by atoms with Crippen LogP contribution in [0.2, 0.25) is 0 Å². The van der Waals surface area contributed by atoms with Crippen molar-refractivity contribution in [3.8, 4) is 11.3 Å². The lowest BCUT2D eigenvalue weighted by atomic mass is 10.0. The first-order chi connectivity index (χ1) is 9.21. The second-order valence-electron chi connectivity index (χ2n) is 4.38. The van der Waals surface area contributed by atoms with Crippen molar-refractivity contribution in [2.75, 3.05) is 5.73 Å².